The summed E-state index contributed by atoms with van der Waals surface area (Å²) in [6, 6.07) is 0. The average Bonchev–Trinajstić information content (AvgIpc) is 3.29. The normalized spacial score (nSPS) is 23.1. The Morgan fingerprint density at radius 1 is 1.21 bits per heavy atom. The van der Waals surface area contributed by atoms with Gasteiger partial charge in [-0.3, -0.25) is 18.7 Å². The summed E-state index contributed by atoms with van der Waals surface area (Å²) in [6.07, 6.45) is -0.967. The number of hydrogen-bond donors (Lipinski definition) is 4. The minimum absolute atomic E-state index is 0.0973. The second kappa shape index (κ2) is 10.6. The van der Waals surface area contributed by atoms with E-state index in [9.17, 15) is 19.3 Å². The molecule has 0 bridgehead atoms. The van der Waals surface area contributed by atoms with Crippen LogP contribution in [0.5, 0.6) is 0 Å². The number of anilines is 1. The highest BCUT2D eigenvalue weighted by Crippen LogP contribution is 2.39. The number of phosphoric ester groups is 1. The molecule has 0 spiro atoms. The van der Waals surface area contributed by atoms with Gasteiger partial charge in [0, 0.05) is 12.8 Å². The summed E-state index contributed by atoms with van der Waals surface area (Å²) in [5, 5.41) is 13.3. The number of aliphatic hydroxyl groups excluding tert-OH is 1. The molecule has 3 heterocycles. The monoisotopic (exact) mass is 487 g/mol. The van der Waals surface area contributed by atoms with Crippen LogP contribution in [0.2, 0.25) is 0 Å². The number of hydrogen-bond acceptors (Lipinski definition) is 10. The molecule has 1 amide bonds. The van der Waals surface area contributed by atoms with E-state index < -0.39 is 44.9 Å². The summed E-state index contributed by atoms with van der Waals surface area (Å²) >= 11 is 0. The third kappa shape index (κ3) is 6.10. The number of nitrogens with zero attached hydrogens (tertiary/aromatic N) is 4. The van der Waals surface area contributed by atoms with Gasteiger partial charge >= 0.3 is 13.8 Å². The Morgan fingerprint density at radius 2 is 1.94 bits per heavy atom. The van der Waals surface area contributed by atoms with E-state index in [4.69, 9.17) is 19.3 Å². The number of nitrogens with one attached hydrogen (secondary N) is 1. The minimum Gasteiger partial charge on any atom is -0.455 e. The van der Waals surface area contributed by atoms with Gasteiger partial charge in [-0.1, -0.05) is 13.8 Å². The molecule has 0 aromatic carbocycles. The third-order valence-corrected chi connectivity index (χ3v) is 5.29. The number of fused-ring (bicyclic) bond motifs is 1. The van der Waals surface area contributed by atoms with E-state index in [0.717, 1.165) is 0 Å². The summed E-state index contributed by atoms with van der Waals surface area (Å²) in [5.74, 6) is -0.657. The smallest absolute Gasteiger partial charge is 0.455 e. The van der Waals surface area contributed by atoms with Gasteiger partial charge in [-0.25, -0.2) is 19.5 Å². The molecule has 3 rings (SSSR count). The van der Waals surface area contributed by atoms with Crippen molar-refractivity contribution in [3.8, 4) is 0 Å². The maximum absolute atomic E-state index is 12.1. The first-order chi connectivity index (χ1) is 15.6. The van der Waals surface area contributed by atoms with E-state index in [2.05, 4.69) is 24.8 Å². The van der Waals surface area contributed by atoms with Gasteiger partial charge < -0.3 is 29.7 Å². The van der Waals surface area contributed by atoms with Crippen molar-refractivity contribution < 1.29 is 43.0 Å². The molecule has 4 N–H and O–H groups in total. The van der Waals surface area contributed by atoms with E-state index in [1.807, 2.05) is 6.92 Å². The first-order valence-electron chi connectivity index (χ1n) is 10.3. The number of esters is 1. The number of carbonyl (C=O) groups excluding carboxylic acids is 2. The maximum Gasteiger partial charge on any atom is 0.469 e. The molecular formula is C18H26N5O9P. The number of phosphoric acid groups is 1. The van der Waals surface area contributed by atoms with Crippen LogP contribution in [0.15, 0.2) is 12.7 Å². The van der Waals surface area contributed by atoms with E-state index in [1.165, 1.54) is 17.2 Å². The highest BCUT2D eigenvalue weighted by atomic mass is 31.2. The van der Waals surface area contributed by atoms with E-state index in [0.29, 0.717) is 19.3 Å². The Hall–Kier alpha value is -2.48. The predicted molar refractivity (Wildman–Crippen MR) is 112 cm³/mol. The SMILES string of the molecule is CCCC(=O)Nc1ncnc2c1ncn2[C@@H]1O[C@H](COP(=O)(O)O)[C@@H](O)[C@H]1OC(=O)CCC. The van der Waals surface area contributed by atoms with Gasteiger partial charge in [0.1, 0.15) is 18.5 Å². The molecule has 0 unspecified atom stereocenters. The first-order valence-corrected chi connectivity index (χ1v) is 11.9. The van der Waals surface area contributed by atoms with E-state index in [-0.39, 0.29) is 29.3 Å². The third-order valence-electron chi connectivity index (χ3n) is 4.81. The summed E-state index contributed by atoms with van der Waals surface area (Å²) in [5.41, 5.74) is 0.468. The standard InChI is InChI=1S/C18H26N5O9P/c1-3-5-11(24)22-16-13-17(20-8-19-16)23(9-21-13)18-15(32-12(25)6-4-2)14(26)10(31-18)7-30-33(27,28)29/h8-10,14-15,18,26H,3-7H2,1-2H3,(H2,27,28,29)(H,19,20,22,24)/t10-,14-,15-,18-/m1/s1. The van der Waals surface area contributed by atoms with Gasteiger partial charge in [0.15, 0.2) is 29.3 Å². The number of amides is 1. The summed E-state index contributed by atoms with van der Waals surface area (Å²) in [6.45, 7) is 2.99. The molecular weight excluding hydrogens is 461 g/mol. The Labute approximate surface area is 188 Å². The van der Waals surface area contributed by atoms with Crippen molar-refractivity contribution in [2.24, 2.45) is 0 Å². The fourth-order valence-corrected chi connectivity index (χ4v) is 3.68. The molecule has 1 fully saturated rings. The molecule has 2 aromatic heterocycles. The van der Waals surface area contributed by atoms with Crippen molar-refractivity contribution in [2.75, 3.05) is 11.9 Å². The van der Waals surface area contributed by atoms with E-state index >= 15 is 0 Å². The van der Waals surface area contributed by atoms with Crippen LogP contribution in [-0.2, 0) is 28.2 Å². The van der Waals surface area contributed by atoms with Crippen molar-refractivity contribution in [1.29, 1.82) is 0 Å². The first kappa shape index (κ1) is 25.1. The van der Waals surface area contributed by atoms with Crippen LogP contribution in [0.1, 0.15) is 45.8 Å². The largest absolute Gasteiger partial charge is 0.469 e. The predicted octanol–water partition coefficient (Wildman–Crippen LogP) is 0.644. The lowest BCUT2D eigenvalue weighted by Crippen LogP contribution is -2.37. The fraction of sp³-hybridized carbons (Fsp3) is 0.611. The Bertz CT molecular complexity index is 1040. The molecule has 182 valence electrons. The van der Waals surface area contributed by atoms with Gasteiger partial charge in [-0.05, 0) is 12.8 Å². The van der Waals surface area contributed by atoms with Crippen LogP contribution in [0.3, 0.4) is 0 Å². The van der Waals surface area contributed by atoms with Gasteiger partial charge in [-0.15, -0.1) is 0 Å². The molecule has 0 aliphatic carbocycles. The molecule has 0 saturated carbocycles. The highest BCUT2D eigenvalue weighted by molar-refractivity contribution is 7.46. The molecule has 1 aliphatic heterocycles. The number of rotatable bonds is 10. The maximum atomic E-state index is 12.1. The molecule has 4 atom stereocenters. The molecule has 33 heavy (non-hydrogen) atoms. The second-order valence-electron chi connectivity index (χ2n) is 7.39. The van der Waals surface area contributed by atoms with E-state index in [1.54, 1.807) is 6.92 Å². The number of aliphatic hydroxyl groups is 1. The molecule has 15 heteroatoms. The number of imidazole rings is 1. The molecule has 2 aromatic rings. The topological polar surface area (TPSA) is 195 Å². The zero-order valence-electron chi connectivity index (χ0n) is 18.0. The Balaban J connectivity index is 1.92. The van der Waals surface area contributed by atoms with Crippen LogP contribution < -0.4 is 5.32 Å². The number of carbonyl (C=O) groups is 2. The van der Waals surface area contributed by atoms with Crippen molar-refractivity contribution in [2.45, 2.75) is 64.1 Å². The average molecular weight is 487 g/mol. The van der Waals surface area contributed by atoms with Crippen LogP contribution in [0.25, 0.3) is 11.2 Å². The summed E-state index contributed by atoms with van der Waals surface area (Å²) < 4.78 is 28.1. The summed E-state index contributed by atoms with van der Waals surface area (Å²) in [7, 11) is -4.83. The summed E-state index contributed by atoms with van der Waals surface area (Å²) in [4.78, 5) is 54.5. The fourth-order valence-electron chi connectivity index (χ4n) is 3.34. The van der Waals surface area contributed by atoms with Crippen molar-refractivity contribution in [3.05, 3.63) is 12.7 Å². The lowest BCUT2D eigenvalue weighted by molar-refractivity contribution is -0.158. The zero-order valence-corrected chi connectivity index (χ0v) is 18.9. The lowest BCUT2D eigenvalue weighted by Gasteiger charge is -2.21. The van der Waals surface area contributed by atoms with Crippen LogP contribution in [-0.4, -0.2) is 71.2 Å². The van der Waals surface area contributed by atoms with Crippen LogP contribution >= 0.6 is 7.82 Å². The highest BCUT2D eigenvalue weighted by Gasteiger charge is 2.48. The van der Waals surface area contributed by atoms with Crippen molar-refractivity contribution in [3.63, 3.8) is 0 Å². The molecule has 0 radical (unpaired) electrons. The van der Waals surface area contributed by atoms with Gasteiger partial charge in [0.25, 0.3) is 0 Å². The number of aromatic nitrogens is 4. The van der Waals surface area contributed by atoms with Crippen LogP contribution in [0, 0.1) is 0 Å². The van der Waals surface area contributed by atoms with Gasteiger partial charge in [-0.2, -0.15) is 0 Å². The number of ether oxygens (including phenoxy) is 2. The molecule has 1 aliphatic rings. The zero-order chi connectivity index (χ0) is 24.2. The molecule has 14 nitrogen and oxygen atoms in total. The van der Waals surface area contributed by atoms with Crippen molar-refractivity contribution in [1.82, 2.24) is 19.5 Å². The molecule has 1 saturated heterocycles. The van der Waals surface area contributed by atoms with Gasteiger partial charge in [0.05, 0.1) is 12.9 Å². The quantitative estimate of drug-likeness (QED) is 0.270. The van der Waals surface area contributed by atoms with Crippen molar-refractivity contribution >= 4 is 36.7 Å². The van der Waals surface area contributed by atoms with Gasteiger partial charge in [0.2, 0.25) is 5.91 Å². The minimum atomic E-state index is -4.83. The lowest BCUT2D eigenvalue weighted by atomic mass is 10.1. The second-order valence-corrected chi connectivity index (χ2v) is 8.63. The van der Waals surface area contributed by atoms with Crippen LogP contribution in [0.4, 0.5) is 5.82 Å². The Morgan fingerprint density at radius 3 is 2.61 bits per heavy atom. The Kier molecular flexibility index (Phi) is 8.10.